The van der Waals surface area contributed by atoms with Gasteiger partial charge in [-0.2, -0.15) is 0 Å². The van der Waals surface area contributed by atoms with Gasteiger partial charge in [0.25, 0.3) is 5.91 Å². The van der Waals surface area contributed by atoms with Crippen molar-refractivity contribution < 1.29 is 13.9 Å². The van der Waals surface area contributed by atoms with Gasteiger partial charge in [-0.15, -0.1) is 11.3 Å². The monoisotopic (exact) mass is 367 g/mol. The van der Waals surface area contributed by atoms with Gasteiger partial charge in [0.1, 0.15) is 5.82 Å². The van der Waals surface area contributed by atoms with Crippen LogP contribution in [0.2, 0.25) is 5.02 Å². The van der Waals surface area contributed by atoms with Crippen LogP contribution in [0.1, 0.15) is 28.1 Å². The van der Waals surface area contributed by atoms with Crippen molar-refractivity contribution >= 4 is 28.8 Å². The van der Waals surface area contributed by atoms with Crippen LogP contribution in [0.4, 0.5) is 4.39 Å². The molecule has 2 heterocycles. The molecule has 24 heavy (non-hydrogen) atoms. The summed E-state index contributed by atoms with van der Waals surface area (Å²) in [5.74, 6) is -0.901. The molecular formula is C18H19ClFNO2S. The molecule has 128 valence electrons. The van der Waals surface area contributed by atoms with Crippen LogP contribution in [-0.4, -0.2) is 36.6 Å². The van der Waals surface area contributed by atoms with Crippen molar-refractivity contribution in [1.29, 1.82) is 0 Å². The molecular weight excluding hydrogens is 349 g/mol. The van der Waals surface area contributed by atoms with Crippen LogP contribution < -0.4 is 0 Å². The van der Waals surface area contributed by atoms with Gasteiger partial charge < -0.3 is 9.64 Å². The second-order valence-corrected chi connectivity index (χ2v) is 7.21. The molecule has 1 amide bonds. The van der Waals surface area contributed by atoms with Gasteiger partial charge in [-0.3, -0.25) is 4.79 Å². The zero-order chi connectivity index (χ0) is 16.9. The molecule has 3 nitrogen and oxygen atoms in total. The van der Waals surface area contributed by atoms with Crippen LogP contribution in [0.25, 0.3) is 0 Å². The van der Waals surface area contributed by atoms with E-state index in [-0.39, 0.29) is 22.5 Å². The van der Waals surface area contributed by atoms with Gasteiger partial charge in [0.05, 0.1) is 10.6 Å². The summed E-state index contributed by atoms with van der Waals surface area (Å²) in [5.41, 5.74) is -0.0307. The molecule has 0 unspecified atom stereocenters. The van der Waals surface area contributed by atoms with Crippen molar-refractivity contribution in [2.75, 3.05) is 19.8 Å². The molecule has 0 atom stereocenters. The Hall–Kier alpha value is -1.43. The van der Waals surface area contributed by atoms with Crippen LogP contribution in [-0.2, 0) is 11.2 Å². The van der Waals surface area contributed by atoms with E-state index in [1.54, 1.807) is 22.3 Å². The summed E-state index contributed by atoms with van der Waals surface area (Å²) < 4.78 is 19.6. The summed E-state index contributed by atoms with van der Waals surface area (Å²) in [4.78, 5) is 16.0. The summed E-state index contributed by atoms with van der Waals surface area (Å²) in [7, 11) is 0. The number of hydrogen-bond donors (Lipinski definition) is 0. The Balaban J connectivity index is 1.83. The first-order valence-corrected chi connectivity index (χ1v) is 9.27. The lowest BCUT2D eigenvalue weighted by atomic mass is 10.0. The highest BCUT2D eigenvalue weighted by Crippen LogP contribution is 2.25. The van der Waals surface area contributed by atoms with E-state index in [9.17, 15) is 9.18 Å². The average molecular weight is 368 g/mol. The maximum absolute atomic E-state index is 14.2. The third-order valence-electron chi connectivity index (χ3n) is 4.25. The number of benzene rings is 1. The second kappa shape index (κ2) is 8.10. The van der Waals surface area contributed by atoms with E-state index in [2.05, 4.69) is 0 Å². The van der Waals surface area contributed by atoms with Crippen LogP contribution in [0, 0.1) is 5.82 Å². The molecule has 1 saturated heterocycles. The van der Waals surface area contributed by atoms with Crippen molar-refractivity contribution in [2.24, 2.45) is 0 Å². The zero-order valence-electron chi connectivity index (χ0n) is 13.2. The van der Waals surface area contributed by atoms with E-state index in [0.717, 1.165) is 19.3 Å². The minimum atomic E-state index is -0.569. The van der Waals surface area contributed by atoms with E-state index >= 15 is 0 Å². The maximum atomic E-state index is 14.2. The summed E-state index contributed by atoms with van der Waals surface area (Å²) in [5, 5.41) is 2.18. The quantitative estimate of drug-likeness (QED) is 0.783. The topological polar surface area (TPSA) is 29.5 Å². The molecule has 2 aromatic rings. The minimum Gasteiger partial charge on any atom is -0.381 e. The number of ether oxygens (including phenoxy) is 1. The smallest absolute Gasteiger partial charge is 0.258 e. The van der Waals surface area contributed by atoms with Crippen LogP contribution in [0.15, 0.2) is 35.7 Å². The summed E-state index contributed by atoms with van der Waals surface area (Å²) in [6.45, 7) is 1.80. The SMILES string of the molecule is O=C(c1c(F)cccc1Cl)N(CCc1cccs1)C1CCOCC1. The van der Waals surface area contributed by atoms with Crippen molar-refractivity contribution in [2.45, 2.75) is 25.3 Å². The first-order chi connectivity index (χ1) is 11.7. The van der Waals surface area contributed by atoms with E-state index < -0.39 is 5.82 Å². The Morgan fingerprint density at radius 1 is 1.29 bits per heavy atom. The predicted octanol–water partition coefficient (Wildman–Crippen LogP) is 4.40. The fourth-order valence-electron chi connectivity index (χ4n) is 2.98. The van der Waals surface area contributed by atoms with Gasteiger partial charge in [0, 0.05) is 30.7 Å². The molecule has 1 aliphatic rings. The fourth-order valence-corrected chi connectivity index (χ4v) is 3.92. The fraction of sp³-hybridized carbons (Fsp3) is 0.389. The van der Waals surface area contributed by atoms with E-state index in [0.29, 0.717) is 19.8 Å². The molecule has 0 spiro atoms. The molecule has 1 aromatic heterocycles. The zero-order valence-corrected chi connectivity index (χ0v) is 14.8. The Morgan fingerprint density at radius 2 is 2.08 bits per heavy atom. The highest BCUT2D eigenvalue weighted by molar-refractivity contribution is 7.09. The molecule has 1 aromatic carbocycles. The van der Waals surface area contributed by atoms with Gasteiger partial charge in [0.15, 0.2) is 0 Å². The molecule has 0 bridgehead atoms. The third kappa shape index (κ3) is 3.97. The standard InChI is InChI=1S/C18H19ClFNO2S/c19-15-4-1-5-16(20)17(15)18(22)21(13-7-10-23-11-8-13)9-6-14-3-2-12-24-14/h1-5,12-13H,6-11H2. The summed E-state index contributed by atoms with van der Waals surface area (Å²) in [6.07, 6.45) is 2.29. The molecule has 0 aliphatic carbocycles. The maximum Gasteiger partial charge on any atom is 0.258 e. The van der Waals surface area contributed by atoms with E-state index in [1.807, 2.05) is 17.5 Å². The van der Waals surface area contributed by atoms with Crippen LogP contribution in [0.5, 0.6) is 0 Å². The molecule has 6 heteroatoms. The van der Waals surface area contributed by atoms with Gasteiger partial charge >= 0.3 is 0 Å². The first kappa shape index (κ1) is 17.4. The summed E-state index contributed by atoms with van der Waals surface area (Å²) >= 11 is 7.76. The van der Waals surface area contributed by atoms with Gasteiger partial charge in [0.2, 0.25) is 0 Å². The Morgan fingerprint density at radius 3 is 2.75 bits per heavy atom. The van der Waals surface area contributed by atoms with Crippen molar-refractivity contribution in [3.63, 3.8) is 0 Å². The number of hydrogen-bond acceptors (Lipinski definition) is 3. The van der Waals surface area contributed by atoms with Gasteiger partial charge in [-0.1, -0.05) is 23.7 Å². The predicted molar refractivity (Wildman–Crippen MR) is 94.3 cm³/mol. The van der Waals surface area contributed by atoms with Crippen molar-refractivity contribution in [3.05, 3.63) is 57.0 Å². The van der Waals surface area contributed by atoms with E-state index in [1.165, 1.54) is 17.0 Å². The number of amides is 1. The number of carbonyl (C=O) groups is 1. The van der Waals surface area contributed by atoms with Crippen LogP contribution >= 0.6 is 22.9 Å². The number of nitrogens with zero attached hydrogens (tertiary/aromatic N) is 1. The Kier molecular flexibility index (Phi) is 5.87. The van der Waals surface area contributed by atoms with Gasteiger partial charge in [-0.05, 0) is 42.8 Å². The Bertz CT molecular complexity index is 666. The number of rotatable bonds is 5. The third-order valence-corrected chi connectivity index (χ3v) is 5.50. The highest BCUT2D eigenvalue weighted by atomic mass is 35.5. The highest BCUT2D eigenvalue weighted by Gasteiger charge is 2.29. The summed E-state index contributed by atoms with van der Waals surface area (Å²) in [6, 6.07) is 8.45. The molecule has 0 radical (unpaired) electrons. The second-order valence-electron chi connectivity index (χ2n) is 5.77. The number of halogens is 2. The molecule has 0 saturated carbocycles. The molecule has 0 N–H and O–H groups in total. The molecule has 1 fully saturated rings. The average Bonchev–Trinajstić information content (AvgIpc) is 3.09. The lowest BCUT2D eigenvalue weighted by Gasteiger charge is -2.34. The first-order valence-electron chi connectivity index (χ1n) is 8.02. The van der Waals surface area contributed by atoms with Crippen molar-refractivity contribution in [3.8, 4) is 0 Å². The lowest BCUT2D eigenvalue weighted by molar-refractivity contribution is 0.0291. The largest absolute Gasteiger partial charge is 0.381 e. The van der Waals surface area contributed by atoms with Crippen LogP contribution in [0.3, 0.4) is 0 Å². The van der Waals surface area contributed by atoms with Gasteiger partial charge in [-0.25, -0.2) is 4.39 Å². The number of carbonyl (C=O) groups excluding carboxylic acids is 1. The number of thiophene rings is 1. The lowest BCUT2D eigenvalue weighted by Crippen LogP contribution is -2.44. The Labute approximate surface area is 150 Å². The minimum absolute atomic E-state index is 0.0307. The van der Waals surface area contributed by atoms with Crippen molar-refractivity contribution in [1.82, 2.24) is 4.90 Å². The van der Waals surface area contributed by atoms with E-state index in [4.69, 9.17) is 16.3 Å². The molecule has 1 aliphatic heterocycles. The molecule has 3 rings (SSSR count). The normalized spacial score (nSPS) is 15.4.